The Morgan fingerprint density at radius 2 is 2.10 bits per heavy atom. The van der Waals surface area contributed by atoms with Crippen LogP contribution in [0.4, 0.5) is 0 Å². The van der Waals surface area contributed by atoms with E-state index in [0.717, 1.165) is 31.4 Å². The number of rotatable bonds is 10. The number of carbonyl (C=O) groups is 1. The molecule has 0 unspecified atom stereocenters. The Morgan fingerprint density at radius 1 is 1.29 bits per heavy atom. The first-order valence-electron chi connectivity index (χ1n) is 7.61. The highest BCUT2D eigenvalue weighted by atomic mass is 16.5. The standard InChI is InChI=1S/C17H27NO3/c1-14(18-2)12-15-8-7-9-16(13-15)21-11-6-4-5-10-17(19)20-3/h7-9,13-14,18H,4-6,10-12H2,1-3H3/t14-/m1/s1. The molecule has 0 radical (unpaired) electrons. The van der Waals surface area contributed by atoms with Crippen molar-refractivity contribution in [3.63, 3.8) is 0 Å². The highest BCUT2D eigenvalue weighted by molar-refractivity contribution is 5.68. The van der Waals surface area contributed by atoms with Gasteiger partial charge in [0.1, 0.15) is 5.75 Å². The zero-order valence-corrected chi connectivity index (χ0v) is 13.4. The summed E-state index contributed by atoms with van der Waals surface area (Å²) in [4.78, 5) is 11.0. The lowest BCUT2D eigenvalue weighted by molar-refractivity contribution is -0.140. The predicted molar refractivity (Wildman–Crippen MR) is 84.6 cm³/mol. The van der Waals surface area contributed by atoms with Gasteiger partial charge >= 0.3 is 5.97 Å². The third-order valence-electron chi connectivity index (χ3n) is 3.45. The molecule has 1 N–H and O–H groups in total. The zero-order chi connectivity index (χ0) is 15.5. The van der Waals surface area contributed by atoms with Crippen molar-refractivity contribution in [2.75, 3.05) is 20.8 Å². The Labute approximate surface area is 127 Å². The molecule has 0 heterocycles. The second-order valence-electron chi connectivity index (χ2n) is 5.28. The van der Waals surface area contributed by atoms with Gasteiger partial charge in [0.2, 0.25) is 0 Å². The molecule has 118 valence electrons. The summed E-state index contributed by atoms with van der Waals surface area (Å²) >= 11 is 0. The molecular formula is C17H27NO3. The summed E-state index contributed by atoms with van der Waals surface area (Å²) in [6.45, 7) is 2.85. The van der Waals surface area contributed by atoms with E-state index >= 15 is 0 Å². The van der Waals surface area contributed by atoms with Gasteiger partial charge in [-0.05, 0) is 57.4 Å². The number of ether oxygens (including phenoxy) is 2. The van der Waals surface area contributed by atoms with E-state index < -0.39 is 0 Å². The molecule has 21 heavy (non-hydrogen) atoms. The first-order chi connectivity index (χ1) is 10.2. The Bertz CT molecular complexity index is 420. The van der Waals surface area contributed by atoms with Crippen LogP contribution in [0, 0.1) is 0 Å². The van der Waals surface area contributed by atoms with Crippen molar-refractivity contribution < 1.29 is 14.3 Å². The van der Waals surface area contributed by atoms with Crippen molar-refractivity contribution in [1.82, 2.24) is 5.32 Å². The van der Waals surface area contributed by atoms with Gasteiger partial charge in [-0.2, -0.15) is 0 Å². The van der Waals surface area contributed by atoms with Gasteiger partial charge < -0.3 is 14.8 Å². The summed E-state index contributed by atoms with van der Waals surface area (Å²) in [6.07, 6.45) is 4.27. The molecule has 1 rings (SSSR count). The fourth-order valence-corrected chi connectivity index (χ4v) is 2.06. The van der Waals surface area contributed by atoms with E-state index in [-0.39, 0.29) is 5.97 Å². The molecule has 0 aliphatic carbocycles. The molecule has 0 fully saturated rings. The number of carbonyl (C=O) groups excluding carboxylic acids is 1. The van der Waals surface area contributed by atoms with Crippen LogP contribution < -0.4 is 10.1 Å². The molecule has 0 saturated carbocycles. The van der Waals surface area contributed by atoms with Crippen LogP contribution in [0.25, 0.3) is 0 Å². The second-order valence-corrected chi connectivity index (χ2v) is 5.28. The molecule has 0 aromatic heterocycles. The van der Waals surface area contributed by atoms with Gasteiger partial charge in [-0.25, -0.2) is 0 Å². The van der Waals surface area contributed by atoms with Crippen molar-refractivity contribution in [3.8, 4) is 5.75 Å². The van der Waals surface area contributed by atoms with Crippen LogP contribution in [0.5, 0.6) is 5.75 Å². The Kier molecular flexibility index (Phi) is 8.51. The van der Waals surface area contributed by atoms with Crippen molar-refractivity contribution in [2.24, 2.45) is 0 Å². The van der Waals surface area contributed by atoms with E-state index in [4.69, 9.17) is 4.74 Å². The number of nitrogens with one attached hydrogen (secondary N) is 1. The highest BCUT2D eigenvalue weighted by Gasteiger charge is 2.03. The summed E-state index contributed by atoms with van der Waals surface area (Å²) in [6, 6.07) is 8.70. The van der Waals surface area contributed by atoms with E-state index in [1.807, 2.05) is 19.2 Å². The number of unbranched alkanes of at least 4 members (excludes halogenated alkanes) is 2. The fourth-order valence-electron chi connectivity index (χ4n) is 2.06. The van der Waals surface area contributed by atoms with Gasteiger partial charge in [0.15, 0.2) is 0 Å². The molecule has 4 heteroatoms. The minimum absolute atomic E-state index is 0.137. The summed E-state index contributed by atoms with van der Waals surface area (Å²) in [5, 5.41) is 3.23. The lowest BCUT2D eigenvalue weighted by Crippen LogP contribution is -2.23. The molecule has 0 amide bonds. The number of benzene rings is 1. The molecule has 0 bridgehead atoms. The van der Waals surface area contributed by atoms with E-state index in [0.29, 0.717) is 19.1 Å². The van der Waals surface area contributed by atoms with Crippen LogP contribution in [-0.2, 0) is 16.0 Å². The fraction of sp³-hybridized carbons (Fsp3) is 0.588. The van der Waals surface area contributed by atoms with Gasteiger partial charge in [0, 0.05) is 12.5 Å². The quantitative estimate of drug-likeness (QED) is 0.532. The first kappa shape index (κ1) is 17.5. The molecule has 1 aromatic carbocycles. The van der Waals surface area contributed by atoms with E-state index in [1.54, 1.807) is 0 Å². The van der Waals surface area contributed by atoms with Crippen LogP contribution in [0.1, 0.15) is 38.2 Å². The van der Waals surface area contributed by atoms with Crippen molar-refractivity contribution in [1.29, 1.82) is 0 Å². The average Bonchev–Trinajstić information content (AvgIpc) is 2.50. The lowest BCUT2D eigenvalue weighted by Gasteiger charge is -2.11. The van der Waals surface area contributed by atoms with Crippen LogP contribution in [-0.4, -0.2) is 32.8 Å². The molecule has 0 spiro atoms. The van der Waals surface area contributed by atoms with Gasteiger partial charge in [0.05, 0.1) is 13.7 Å². The van der Waals surface area contributed by atoms with Crippen LogP contribution >= 0.6 is 0 Å². The Morgan fingerprint density at radius 3 is 2.81 bits per heavy atom. The lowest BCUT2D eigenvalue weighted by atomic mass is 10.1. The van der Waals surface area contributed by atoms with E-state index in [1.165, 1.54) is 12.7 Å². The Hall–Kier alpha value is -1.55. The summed E-state index contributed by atoms with van der Waals surface area (Å²) in [5.74, 6) is 0.783. The normalized spacial score (nSPS) is 12.0. The topological polar surface area (TPSA) is 47.6 Å². The monoisotopic (exact) mass is 293 g/mol. The number of hydrogen-bond acceptors (Lipinski definition) is 4. The minimum Gasteiger partial charge on any atom is -0.494 e. The van der Waals surface area contributed by atoms with Crippen molar-refractivity contribution in [3.05, 3.63) is 29.8 Å². The maximum absolute atomic E-state index is 11.0. The second kappa shape index (κ2) is 10.2. The van der Waals surface area contributed by atoms with Gasteiger partial charge in [-0.15, -0.1) is 0 Å². The Balaban J connectivity index is 2.23. The molecule has 1 aromatic rings. The maximum Gasteiger partial charge on any atom is 0.305 e. The number of esters is 1. The molecular weight excluding hydrogens is 266 g/mol. The SMILES string of the molecule is CN[C@H](C)Cc1cccc(OCCCCCC(=O)OC)c1. The van der Waals surface area contributed by atoms with Gasteiger partial charge in [0.25, 0.3) is 0 Å². The molecule has 4 nitrogen and oxygen atoms in total. The molecule has 1 atom stereocenters. The van der Waals surface area contributed by atoms with E-state index in [2.05, 4.69) is 29.1 Å². The largest absolute Gasteiger partial charge is 0.494 e. The van der Waals surface area contributed by atoms with Crippen molar-refractivity contribution in [2.45, 2.75) is 45.1 Å². The first-order valence-corrected chi connectivity index (χ1v) is 7.61. The number of likely N-dealkylation sites (N-methyl/N-ethyl adjacent to an activating group) is 1. The molecule has 0 saturated heterocycles. The zero-order valence-electron chi connectivity index (χ0n) is 13.4. The highest BCUT2D eigenvalue weighted by Crippen LogP contribution is 2.15. The van der Waals surface area contributed by atoms with Crippen LogP contribution in [0.15, 0.2) is 24.3 Å². The summed E-state index contributed by atoms with van der Waals surface area (Å²) in [5.41, 5.74) is 1.28. The molecule has 0 aliphatic rings. The van der Waals surface area contributed by atoms with Crippen molar-refractivity contribution >= 4 is 5.97 Å². The minimum atomic E-state index is -0.137. The predicted octanol–water partition coefficient (Wildman–Crippen LogP) is 2.95. The van der Waals surface area contributed by atoms with E-state index in [9.17, 15) is 4.79 Å². The third-order valence-corrected chi connectivity index (χ3v) is 3.45. The third kappa shape index (κ3) is 7.71. The van der Waals surface area contributed by atoms with Gasteiger partial charge in [-0.1, -0.05) is 12.1 Å². The average molecular weight is 293 g/mol. The smallest absolute Gasteiger partial charge is 0.305 e. The van der Waals surface area contributed by atoms with Crippen LogP contribution in [0.2, 0.25) is 0 Å². The van der Waals surface area contributed by atoms with Gasteiger partial charge in [-0.3, -0.25) is 4.79 Å². The number of methoxy groups -OCH3 is 1. The van der Waals surface area contributed by atoms with Crippen LogP contribution in [0.3, 0.4) is 0 Å². The summed E-state index contributed by atoms with van der Waals surface area (Å²) in [7, 11) is 3.40. The summed E-state index contributed by atoms with van der Waals surface area (Å²) < 4.78 is 10.4. The molecule has 0 aliphatic heterocycles. The number of hydrogen-bond donors (Lipinski definition) is 1. The maximum atomic E-state index is 11.0.